The summed E-state index contributed by atoms with van der Waals surface area (Å²) in [6.45, 7) is 0. The summed E-state index contributed by atoms with van der Waals surface area (Å²) in [6.07, 6.45) is -8.31. The van der Waals surface area contributed by atoms with Gasteiger partial charge >= 0.3 is 12.3 Å². The van der Waals surface area contributed by atoms with E-state index in [1.165, 1.54) is 0 Å². The van der Waals surface area contributed by atoms with Gasteiger partial charge < -0.3 is 14.2 Å². The third-order valence-corrected chi connectivity index (χ3v) is 2.02. The predicted molar refractivity (Wildman–Crippen MR) is 53.8 cm³/mol. The van der Waals surface area contributed by atoms with Crippen molar-refractivity contribution in [2.75, 3.05) is 14.2 Å². The molecule has 112 valence electrons. The molecule has 20 heavy (non-hydrogen) atoms. The lowest BCUT2D eigenvalue weighted by Gasteiger charge is -2.14. The van der Waals surface area contributed by atoms with Crippen molar-refractivity contribution < 1.29 is 41.0 Å². The van der Waals surface area contributed by atoms with E-state index in [1.54, 1.807) is 0 Å². The van der Waals surface area contributed by atoms with Crippen LogP contribution in [0.1, 0.15) is 22.5 Å². The Labute approximate surface area is 109 Å². The number of esters is 1. The molecule has 0 saturated heterocycles. The first kappa shape index (κ1) is 15.9. The molecule has 10 heteroatoms. The van der Waals surface area contributed by atoms with E-state index in [4.69, 9.17) is 0 Å². The van der Waals surface area contributed by atoms with E-state index in [0.29, 0.717) is 6.07 Å². The van der Waals surface area contributed by atoms with Crippen LogP contribution in [0.3, 0.4) is 0 Å². The van der Waals surface area contributed by atoms with Gasteiger partial charge in [-0.25, -0.2) is 18.6 Å². The molecule has 0 atom stereocenters. The maximum absolute atomic E-state index is 12.7. The molecule has 1 rings (SSSR count). The van der Waals surface area contributed by atoms with Gasteiger partial charge in [-0.3, -0.25) is 0 Å². The normalized spacial score (nSPS) is 11.4. The van der Waals surface area contributed by atoms with Crippen molar-refractivity contribution in [3.63, 3.8) is 0 Å². The van der Waals surface area contributed by atoms with Crippen LogP contribution in [-0.4, -0.2) is 31.5 Å². The molecular formula is C10H8F5NO4. The van der Waals surface area contributed by atoms with Crippen LogP contribution in [-0.2, 0) is 4.74 Å². The van der Waals surface area contributed by atoms with Crippen LogP contribution in [0.25, 0.3) is 0 Å². The Hall–Kier alpha value is -2.13. The number of methoxy groups -OCH3 is 2. The topological polar surface area (TPSA) is 57.7 Å². The van der Waals surface area contributed by atoms with Crippen molar-refractivity contribution in [1.82, 2.24) is 4.98 Å². The minimum atomic E-state index is -5.10. The summed E-state index contributed by atoms with van der Waals surface area (Å²) >= 11 is 0. The fourth-order valence-corrected chi connectivity index (χ4v) is 1.28. The Bertz CT molecular complexity index is 503. The highest BCUT2D eigenvalue weighted by Gasteiger charge is 2.34. The van der Waals surface area contributed by atoms with Crippen LogP contribution < -0.4 is 9.47 Å². The number of alkyl halides is 5. The monoisotopic (exact) mass is 301 g/mol. The quantitative estimate of drug-likeness (QED) is 0.632. The lowest BCUT2D eigenvalue weighted by Crippen LogP contribution is -2.19. The Kier molecular flexibility index (Phi) is 4.69. The van der Waals surface area contributed by atoms with Crippen molar-refractivity contribution in [3.05, 3.63) is 17.3 Å². The number of carbonyl (C=O) groups excluding carboxylic acids is 1. The fraction of sp³-hybridized carbons (Fsp3) is 0.400. The van der Waals surface area contributed by atoms with Gasteiger partial charge in [0.1, 0.15) is 5.69 Å². The molecule has 0 amide bonds. The summed E-state index contributed by atoms with van der Waals surface area (Å²) in [6, 6.07) is 0.437. The standard InChI is InChI=1S/C10H8F5NO4/c1-18-8-5(20-10(13,14)15)3-4(9(17)19-2)6(16-8)7(11)12/h3,7H,1-2H3. The van der Waals surface area contributed by atoms with Crippen molar-refractivity contribution in [3.8, 4) is 11.6 Å². The van der Waals surface area contributed by atoms with E-state index >= 15 is 0 Å². The molecule has 0 aliphatic heterocycles. The van der Waals surface area contributed by atoms with Gasteiger partial charge in [-0.05, 0) is 0 Å². The summed E-state index contributed by atoms with van der Waals surface area (Å²) in [5, 5.41) is 0. The molecule has 0 aromatic carbocycles. The summed E-state index contributed by atoms with van der Waals surface area (Å²) in [5.74, 6) is -3.13. The summed E-state index contributed by atoms with van der Waals surface area (Å²) in [4.78, 5) is 14.4. The molecule has 0 saturated carbocycles. The van der Waals surface area contributed by atoms with E-state index in [1.807, 2.05) is 0 Å². The molecule has 1 heterocycles. The number of pyridine rings is 1. The second-order valence-corrected chi connectivity index (χ2v) is 3.27. The molecule has 1 aromatic rings. The average Bonchev–Trinajstić information content (AvgIpc) is 2.35. The van der Waals surface area contributed by atoms with Crippen LogP contribution in [0.15, 0.2) is 6.07 Å². The van der Waals surface area contributed by atoms with Gasteiger partial charge in [-0.2, -0.15) is 0 Å². The fourth-order valence-electron chi connectivity index (χ4n) is 1.28. The Balaban J connectivity index is 3.41. The van der Waals surface area contributed by atoms with Crippen molar-refractivity contribution in [2.45, 2.75) is 12.8 Å². The second-order valence-electron chi connectivity index (χ2n) is 3.27. The molecule has 0 unspecified atom stereocenters. The Morgan fingerprint density at radius 2 is 1.90 bits per heavy atom. The van der Waals surface area contributed by atoms with E-state index in [-0.39, 0.29) is 0 Å². The number of hydrogen-bond donors (Lipinski definition) is 0. The van der Waals surface area contributed by atoms with Gasteiger partial charge in [-0.1, -0.05) is 0 Å². The molecule has 0 spiro atoms. The van der Waals surface area contributed by atoms with Crippen LogP contribution in [0.2, 0.25) is 0 Å². The van der Waals surface area contributed by atoms with Crippen LogP contribution in [0.4, 0.5) is 22.0 Å². The lowest BCUT2D eigenvalue weighted by molar-refractivity contribution is -0.275. The number of halogens is 5. The molecular weight excluding hydrogens is 293 g/mol. The highest BCUT2D eigenvalue weighted by atomic mass is 19.4. The third-order valence-electron chi connectivity index (χ3n) is 2.02. The lowest BCUT2D eigenvalue weighted by atomic mass is 10.2. The van der Waals surface area contributed by atoms with E-state index in [2.05, 4.69) is 19.2 Å². The number of hydrogen-bond acceptors (Lipinski definition) is 5. The maximum atomic E-state index is 12.7. The van der Waals surface area contributed by atoms with Gasteiger partial charge in [0, 0.05) is 6.07 Å². The molecule has 0 aliphatic carbocycles. The first-order valence-electron chi connectivity index (χ1n) is 4.90. The molecule has 0 radical (unpaired) electrons. The number of nitrogens with zero attached hydrogens (tertiary/aromatic N) is 1. The zero-order valence-electron chi connectivity index (χ0n) is 10.1. The van der Waals surface area contributed by atoms with Crippen molar-refractivity contribution >= 4 is 5.97 Å². The summed E-state index contributed by atoms with van der Waals surface area (Å²) < 4.78 is 74.1. The van der Waals surface area contributed by atoms with E-state index in [9.17, 15) is 26.7 Å². The Morgan fingerprint density at radius 3 is 2.30 bits per heavy atom. The van der Waals surface area contributed by atoms with Crippen LogP contribution in [0, 0.1) is 0 Å². The molecule has 5 nitrogen and oxygen atoms in total. The van der Waals surface area contributed by atoms with Crippen LogP contribution in [0.5, 0.6) is 11.6 Å². The number of carbonyl (C=O) groups is 1. The van der Waals surface area contributed by atoms with Gasteiger partial charge in [0.25, 0.3) is 12.3 Å². The van der Waals surface area contributed by atoms with Gasteiger partial charge in [0.05, 0.1) is 19.8 Å². The zero-order valence-corrected chi connectivity index (χ0v) is 10.1. The zero-order chi connectivity index (χ0) is 15.5. The summed E-state index contributed by atoms with van der Waals surface area (Å²) in [7, 11) is 1.80. The molecule has 0 bridgehead atoms. The first-order valence-corrected chi connectivity index (χ1v) is 4.90. The highest BCUT2D eigenvalue weighted by molar-refractivity contribution is 5.91. The first-order chi connectivity index (χ1) is 9.19. The van der Waals surface area contributed by atoms with E-state index < -0.39 is 41.6 Å². The molecule has 1 aromatic heterocycles. The highest BCUT2D eigenvalue weighted by Crippen LogP contribution is 2.35. The minimum absolute atomic E-state index is 0.437. The van der Waals surface area contributed by atoms with Crippen molar-refractivity contribution in [2.24, 2.45) is 0 Å². The third kappa shape index (κ3) is 3.68. The predicted octanol–water partition coefficient (Wildman–Crippen LogP) is 2.71. The molecule has 0 aliphatic rings. The molecule has 0 N–H and O–H groups in total. The van der Waals surface area contributed by atoms with Crippen LogP contribution >= 0.6 is 0 Å². The largest absolute Gasteiger partial charge is 0.573 e. The number of aromatic nitrogens is 1. The van der Waals surface area contributed by atoms with Crippen molar-refractivity contribution in [1.29, 1.82) is 0 Å². The SMILES string of the molecule is COC(=O)c1cc(OC(F)(F)F)c(OC)nc1C(F)F. The number of rotatable bonds is 4. The van der Waals surface area contributed by atoms with E-state index in [0.717, 1.165) is 14.2 Å². The maximum Gasteiger partial charge on any atom is 0.573 e. The smallest absolute Gasteiger partial charge is 0.478 e. The summed E-state index contributed by atoms with van der Waals surface area (Å²) in [5.41, 5.74) is -1.91. The van der Waals surface area contributed by atoms with Gasteiger partial charge in [-0.15, -0.1) is 13.2 Å². The Morgan fingerprint density at radius 1 is 1.30 bits per heavy atom. The minimum Gasteiger partial charge on any atom is -0.478 e. The number of ether oxygens (including phenoxy) is 3. The van der Waals surface area contributed by atoms with Gasteiger partial charge in [0.2, 0.25) is 0 Å². The molecule has 0 fully saturated rings. The second kappa shape index (κ2) is 5.88. The average molecular weight is 301 g/mol. The van der Waals surface area contributed by atoms with Gasteiger partial charge in [0.15, 0.2) is 5.75 Å².